The van der Waals surface area contributed by atoms with Gasteiger partial charge in [0.25, 0.3) is 0 Å². The quantitative estimate of drug-likeness (QED) is 0.855. The van der Waals surface area contributed by atoms with E-state index in [0.717, 1.165) is 0 Å². The van der Waals surface area contributed by atoms with Crippen LogP contribution in [-0.2, 0) is 4.79 Å². The molecule has 104 valence electrons. The predicted octanol–water partition coefficient (Wildman–Crippen LogP) is 2.61. The Labute approximate surface area is 115 Å². The fourth-order valence-electron chi connectivity index (χ4n) is 2.51. The molecule has 0 saturated heterocycles. The first kappa shape index (κ1) is 14.1. The lowest BCUT2D eigenvalue weighted by atomic mass is 9.99. The molecule has 0 heterocycles. The maximum Gasteiger partial charge on any atom is 0.222 e. The van der Waals surface area contributed by atoms with Gasteiger partial charge in [-0.1, -0.05) is 23.8 Å². The van der Waals surface area contributed by atoms with Gasteiger partial charge in [0, 0.05) is 12.5 Å². The smallest absolute Gasteiger partial charge is 0.222 e. The molecule has 3 heteroatoms. The minimum absolute atomic E-state index is 0.0332. The molecule has 2 atom stereocenters. The number of benzene rings is 1. The second kappa shape index (κ2) is 5.74. The van der Waals surface area contributed by atoms with E-state index in [9.17, 15) is 4.79 Å². The summed E-state index contributed by atoms with van der Waals surface area (Å²) >= 11 is 0. The predicted molar refractivity (Wildman–Crippen MR) is 77.8 cm³/mol. The molecular formula is C16H24N2O. The van der Waals surface area contributed by atoms with Crippen LogP contribution in [0.2, 0.25) is 0 Å². The van der Waals surface area contributed by atoms with Gasteiger partial charge >= 0.3 is 0 Å². The zero-order valence-electron chi connectivity index (χ0n) is 12.1. The highest BCUT2D eigenvalue weighted by molar-refractivity contribution is 5.77. The van der Waals surface area contributed by atoms with Crippen molar-refractivity contribution in [1.29, 1.82) is 0 Å². The van der Waals surface area contributed by atoms with Gasteiger partial charge in [0.15, 0.2) is 0 Å². The van der Waals surface area contributed by atoms with Crippen LogP contribution in [-0.4, -0.2) is 11.9 Å². The van der Waals surface area contributed by atoms with Gasteiger partial charge in [-0.3, -0.25) is 4.79 Å². The van der Waals surface area contributed by atoms with E-state index >= 15 is 0 Å². The summed E-state index contributed by atoms with van der Waals surface area (Å²) in [7, 11) is 0. The van der Waals surface area contributed by atoms with Crippen molar-refractivity contribution in [3.8, 4) is 0 Å². The van der Waals surface area contributed by atoms with Crippen molar-refractivity contribution in [3.05, 3.63) is 34.9 Å². The molecular weight excluding hydrogens is 236 g/mol. The summed E-state index contributed by atoms with van der Waals surface area (Å²) in [5.41, 5.74) is 9.61. The molecule has 1 amide bonds. The third kappa shape index (κ3) is 3.80. The van der Waals surface area contributed by atoms with E-state index in [0.29, 0.717) is 12.3 Å². The summed E-state index contributed by atoms with van der Waals surface area (Å²) in [6, 6.07) is 6.41. The molecule has 0 radical (unpaired) electrons. The van der Waals surface area contributed by atoms with Gasteiger partial charge in [-0.25, -0.2) is 0 Å². The Hall–Kier alpha value is -1.35. The van der Waals surface area contributed by atoms with Crippen LogP contribution in [0.1, 0.15) is 48.9 Å². The topological polar surface area (TPSA) is 55.1 Å². The summed E-state index contributed by atoms with van der Waals surface area (Å²) < 4.78 is 0. The van der Waals surface area contributed by atoms with Crippen LogP contribution in [0, 0.1) is 19.8 Å². The fraction of sp³-hybridized carbons (Fsp3) is 0.562. The van der Waals surface area contributed by atoms with E-state index in [1.54, 1.807) is 0 Å². The maximum absolute atomic E-state index is 12.0. The van der Waals surface area contributed by atoms with E-state index < -0.39 is 0 Å². The van der Waals surface area contributed by atoms with Gasteiger partial charge in [0.05, 0.1) is 6.04 Å². The second-order valence-corrected chi connectivity index (χ2v) is 5.85. The van der Waals surface area contributed by atoms with Crippen molar-refractivity contribution in [3.63, 3.8) is 0 Å². The molecule has 1 fully saturated rings. The van der Waals surface area contributed by atoms with Crippen LogP contribution in [0.5, 0.6) is 0 Å². The Bertz CT molecular complexity index is 466. The standard InChI is InChI=1S/C16H24N2O/c1-10-4-5-11(2)14(8-10)12(3)18-16(19)9-15(17)13-6-7-13/h4-5,8,12-13,15H,6-7,9,17H2,1-3H3,(H,18,19). The van der Waals surface area contributed by atoms with Crippen LogP contribution in [0.15, 0.2) is 18.2 Å². The van der Waals surface area contributed by atoms with E-state index in [4.69, 9.17) is 5.73 Å². The maximum atomic E-state index is 12.0. The molecule has 2 unspecified atom stereocenters. The Morgan fingerprint density at radius 1 is 1.42 bits per heavy atom. The summed E-state index contributed by atoms with van der Waals surface area (Å²) in [5, 5.41) is 3.06. The van der Waals surface area contributed by atoms with E-state index in [1.807, 2.05) is 6.92 Å². The van der Waals surface area contributed by atoms with E-state index in [2.05, 4.69) is 37.4 Å². The largest absolute Gasteiger partial charge is 0.350 e. The molecule has 19 heavy (non-hydrogen) atoms. The monoisotopic (exact) mass is 260 g/mol. The Morgan fingerprint density at radius 3 is 2.74 bits per heavy atom. The molecule has 3 nitrogen and oxygen atoms in total. The molecule has 1 aliphatic rings. The third-order valence-electron chi connectivity index (χ3n) is 3.93. The summed E-state index contributed by atoms with van der Waals surface area (Å²) in [6.45, 7) is 6.18. The highest BCUT2D eigenvalue weighted by atomic mass is 16.1. The summed E-state index contributed by atoms with van der Waals surface area (Å²) in [5.74, 6) is 0.634. The van der Waals surface area contributed by atoms with Crippen molar-refractivity contribution in [2.75, 3.05) is 0 Å². The minimum Gasteiger partial charge on any atom is -0.350 e. The number of aryl methyl sites for hydroxylation is 2. The fourth-order valence-corrected chi connectivity index (χ4v) is 2.51. The first-order valence-electron chi connectivity index (χ1n) is 7.09. The average Bonchev–Trinajstić information content (AvgIpc) is 3.15. The minimum atomic E-state index is 0.0332. The third-order valence-corrected chi connectivity index (χ3v) is 3.93. The van der Waals surface area contributed by atoms with Crippen molar-refractivity contribution >= 4 is 5.91 Å². The molecule has 1 aromatic carbocycles. The van der Waals surface area contributed by atoms with Crippen LogP contribution in [0.4, 0.5) is 0 Å². The molecule has 1 aromatic rings. The van der Waals surface area contributed by atoms with Crippen molar-refractivity contribution in [2.24, 2.45) is 11.7 Å². The van der Waals surface area contributed by atoms with E-state index in [-0.39, 0.29) is 18.0 Å². The molecule has 0 bridgehead atoms. The normalized spacial score (nSPS) is 17.9. The zero-order chi connectivity index (χ0) is 14.0. The van der Waals surface area contributed by atoms with Gasteiger partial charge < -0.3 is 11.1 Å². The highest BCUT2D eigenvalue weighted by Crippen LogP contribution is 2.32. The number of hydrogen-bond donors (Lipinski definition) is 2. The van der Waals surface area contributed by atoms with Crippen molar-refractivity contribution in [1.82, 2.24) is 5.32 Å². The molecule has 1 saturated carbocycles. The van der Waals surface area contributed by atoms with Crippen molar-refractivity contribution in [2.45, 2.75) is 52.1 Å². The van der Waals surface area contributed by atoms with Gasteiger partial charge in [0.1, 0.15) is 0 Å². The number of carbonyl (C=O) groups is 1. The molecule has 0 aromatic heterocycles. The Kier molecular flexibility index (Phi) is 4.25. The molecule has 1 aliphatic carbocycles. The van der Waals surface area contributed by atoms with E-state index in [1.165, 1.54) is 29.5 Å². The van der Waals surface area contributed by atoms with Crippen LogP contribution in [0.25, 0.3) is 0 Å². The molecule has 0 spiro atoms. The second-order valence-electron chi connectivity index (χ2n) is 5.85. The number of nitrogens with two attached hydrogens (primary N) is 1. The molecule has 2 rings (SSSR count). The molecule has 3 N–H and O–H groups in total. The Balaban J connectivity index is 1.93. The number of carbonyl (C=O) groups excluding carboxylic acids is 1. The number of nitrogens with one attached hydrogen (secondary N) is 1. The van der Waals surface area contributed by atoms with Gasteiger partial charge in [-0.05, 0) is 50.7 Å². The van der Waals surface area contributed by atoms with Gasteiger partial charge in [-0.15, -0.1) is 0 Å². The molecule has 0 aliphatic heterocycles. The number of hydrogen-bond acceptors (Lipinski definition) is 2. The van der Waals surface area contributed by atoms with Gasteiger partial charge in [0.2, 0.25) is 5.91 Å². The van der Waals surface area contributed by atoms with Crippen LogP contribution in [0.3, 0.4) is 0 Å². The first-order chi connectivity index (χ1) is 8.97. The number of rotatable bonds is 5. The Morgan fingerprint density at radius 2 is 2.11 bits per heavy atom. The van der Waals surface area contributed by atoms with Crippen LogP contribution < -0.4 is 11.1 Å². The lowest BCUT2D eigenvalue weighted by molar-refractivity contribution is -0.122. The van der Waals surface area contributed by atoms with Crippen molar-refractivity contribution < 1.29 is 4.79 Å². The lowest BCUT2D eigenvalue weighted by Crippen LogP contribution is -2.34. The zero-order valence-corrected chi connectivity index (χ0v) is 12.1. The van der Waals surface area contributed by atoms with Crippen LogP contribution >= 0.6 is 0 Å². The lowest BCUT2D eigenvalue weighted by Gasteiger charge is -2.18. The average molecular weight is 260 g/mol. The summed E-state index contributed by atoms with van der Waals surface area (Å²) in [4.78, 5) is 12.0. The SMILES string of the molecule is Cc1ccc(C)c(C(C)NC(=O)CC(N)C2CC2)c1. The highest BCUT2D eigenvalue weighted by Gasteiger charge is 2.30. The van der Waals surface area contributed by atoms with Gasteiger partial charge in [-0.2, -0.15) is 0 Å². The summed E-state index contributed by atoms with van der Waals surface area (Å²) in [6.07, 6.45) is 2.81. The number of amides is 1. The first-order valence-corrected chi connectivity index (χ1v) is 7.09.